The van der Waals surface area contributed by atoms with E-state index < -0.39 is 5.91 Å². The number of thiazole rings is 1. The zero-order chi connectivity index (χ0) is 21.7. The smallest absolute Gasteiger partial charge is 0.267 e. The molecule has 2 heterocycles. The van der Waals surface area contributed by atoms with Crippen LogP contribution in [0.15, 0.2) is 30.5 Å². The molecule has 0 aliphatic carbocycles. The normalized spacial score (nSPS) is 10.4. The highest BCUT2D eigenvalue weighted by Gasteiger charge is 2.14. The van der Waals surface area contributed by atoms with Crippen LogP contribution in [0.1, 0.15) is 21.1 Å². The zero-order valence-electron chi connectivity index (χ0n) is 16.0. The highest BCUT2D eigenvalue weighted by Crippen LogP contribution is 2.28. The summed E-state index contributed by atoms with van der Waals surface area (Å²) >= 11 is 7.30. The number of anilines is 4. The molecule has 0 unspecified atom stereocenters. The number of halogens is 1. The number of carbonyl (C=O) groups excluding carboxylic acids is 2. The lowest BCUT2D eigenvalue weighted by Crippen LogP contribution is -2.27. The summed E-state index contributed by atoms with van der Waals surface area (Å²) in [6.07, 6.45) is 1.45. The number of hydrogen-bond acceptors (Lipinski definition) is 9. The average molecular weight is 448 g/mol. The lowest BCUT2D eigenvalue weighted by Gasteiger charge is -2.09. The second kappa shape index (κ2) is 9.48. The maximum Gasteiger partial charge on any atom is 0.267 e. The van der Waals surface area contributed by atoms with Gasteiger partial charge >= 0.3 is 0 Å². The van der Waals surface area contributed by atoms with Crippen LogP contribution in [0.5, 0.6) is 0 Å². The van der Waals surface area contributed by atoms with Crippen molar-refractivity contribution in [3.63, 3.8) is 0 Å². The van der Waals surface area contributed by atoms with Crippen molar-refractivity contribution in [1.29, 1.82) is 0 Å². The maximum atomic E-state index is 12.5. The molecule has 0 bridgehead atoms. The Labute approximate surface area is 180 Å². The number of nitrogens with zero attached hydrogens (tertiary/aromatic N) is 3. The van der Waals surface area contributed by atoms with E-state index in [1.165, 1.54) is 11.7 Å². The summed E-state index contributed by atoms with van der Waals surface area (Å²) in [5.41, 5.74) is 2.94. The summed E-state index contributed by atoms with van der Waals surface area (Å²) in [4.78, 5) is 36.7. The predicted octanol–water partition coefficient (Wildman–Crippen LogP) is 3.12. The largest absolute Gasteiger partial charge is 0.361 e. The molecule has 0 aliphatic rings. The van der Waals surface area contributed by atoms with Gasteiger partial charge in [-0.3, -0.25) is 14.8 Å². The quantitative estimate of drug-likeness (QED) is 0.275. The Balaban J connectivity index is 1.70. The van der Waals surface area contributed by atoms with E-state index in [0.29, 0.717) is 38.2 Å². The van der Waals surface area contributed by atoms with E-state index in [-0.39, 0.29) is 12.5 Å². The SMILES string of the molecule is Cc1nc(NCC(=O)NO)cc(Nc2ncc(C(=O)Nc3c(C)cccc3Cl)s2)n1. The number of rotatable bonds is 7. The Bertz CT molecular complexity index is 1070. The van der Waals surface area contributed by atoms with E-state index in [9.17, 15) is 9.59 Å². The first-order valence-corrected chi connectivity index (χ1v) is 9.87. The van der Waals surface area contributed by atoms with Gasteiger partial charge in [0.1, 0.15) is 22.3 Å². The molecule has 30 heavy (non-hydrogen) atoms. The molecule has 12 heteroatoms. The van der Waals surface area contributed by atoms with Crippen molar-refractivity contribution in [2.75, 3.05) is 22.5 Å². The van der Waals surface area contributed by atoms with Crippen molar-refractivity contribution in [1.82, 2.24) is 20.4 Å². The van der Waals surface area contributed by atoms with Crippen molar-refractivity contribution < 1.29 is 14.8 Å². The van der Waals surface area contributed by atoms with Gasteiger partial charge in [-0.25, -0.2) is 20.4 Å². The van der Waals surface area contributed by atoms with Gasteiger partial charge in [-0.2, -0.15) is 0 Å². The van der Waals surface area contributed by atoms with Crippen molar-refractivity contribution in [3.05, 3.63) is 51.7 Å². The fraction of sp³-hybridized carbons (Fsp3) is 0.167. The lowest BCUT2D eigenvalue weighted by molar-refractivity contribution is -0.127. The number of benzene rings is 1. The summed E-state index contributed by atoms with van der Waals surface area (Å²) in [5, 5.41) is 18.0. The molecule has 0 saturated heterocycles. The third-order valence-electron chi connectivity index (χ3n) is 3.82. The lowest BCUT2D eigenvalue weighted by atomic mass is 10.2. The third kappa shape index (κ3) is 5.41. The van der Waals surface area contributed by atoms with Gasteiger partial charge in [-0.1, -0.05) is 35.1 Å². The third-order valence-corrected chi connectivity index (χ3v) is 5.04. The average Bonchev–Trinajstić information content (AvgIpc) is 3.17. The molecule has 1 aromatic carbocycles. The first-order valence-electron chi connectivity index (χ1n) is 8.67. The topological polar surface area (TPSA) is 141 Å². The van der Waals surface area contributed by atoms with Crippen LogP contribution in [0.25, 0.3) is 0 Å². The highest BCUT2D eigenvalue weighted by atomic mass is 35.5. The van der Waals surface area contributed by atoms with Gasteiger partial charge in [-0.05, 0) is 25.5 Å². The number of para-hydroxylation sites is 1. The molecule has 0 spiro atoms. The molecule has 5 N–H and O–H groups in total. The van der Waals surface area contributed by atoms with Gasteiger partial charge in [0.05, 0.1) is 23.5 Å². The van der Waals surface area contributed by atoms with E-state index >= 15 is 0 Å². The number of hydrogen-bond donors (Lipinski definition) is 5. The fourth-order valence-corrected chi connectivity index (χ4v) is 3.43. The van der Waals surface area contributed by atoms with Gasteiger partial charge in [0.2, 0.25) is 0 Å². The van der Waals surface area contributed by atoms with Crippen molar-refractivity contribution >= 4 is 57.2 Å². The molecule has 0 radical (unpaired) electrons. The Hall–Kier alpha value is -3.28. The fourth-order valence-electron chi connectivity index (χ4n) is 2.44. The number of aromatic nitrogens is 3. The summed E-state index contributed by atoms with van der Waals surface area (Å²) in [5.74, 6) is 0.337. The highest BCUT2D eigenvalue weighted by molar-refractivity contribution is 7.17. The maximum absolute atomic E-state index is 12.5. The Morgan fingerprint density at radius 2 is 1.97 bits per heavy atom. The second-order valence-electron chi connectivity index (χ2n) is 6.11. The zero-order valence-corrected chi connectivity index (χ0v) is 17.6. The second-order valence-corrected chi connectivity index (χ2v) is 7.55. The van der Waals surface area contributed by atoms with Gasteiger partial charge in [0.25, 0.3) is 11.8 Å². The minimum absolute atomic E-state index is 0.157. The molecule has 0 saturated carbocycles. The van der Waals surface area contributed by atoms with E-state index in [0.717, 1.165) is 16.9 Å². The van der Waals surface area contributed by atoms with Crippen LogP contribution < -0.4 is 21.4 Å². The van der Waals surface area contributed by atoms with E-state index in [1.54, 1.807) is 19.1 Å². The van der Waals surface area contributed by atoms with Crippen molar-refractivity contribution in [3.8, 4) is 0 Å². The van der Waals surface area contributed by atoms with Crippen molar-refractivity contribution in [2.45, 2.75) is 13.8 Å². The molecule has 2 aromatic heterocycles. The Morgan fingerprint density at radius 3 is 2.70 bits per heavy atom. The molecule has 10 nitrogen and oxygen atoms in total. The molecular weight excluding hydrogens is 430 g/mol. The number of carbonyl (C=O) groups is 2. The van der Waals surface area contributed by atoms with Crippen LogP contribution >= 0.6 is 22.9 Å². The number of hydroxylamine groups is 1. The summed E-state index contributed by atoms with van der Waals surface area (Å²) in [6, 6.07) is 6.95. The minimum Gasteiger partial charge on any atom is -0.361 e. The van der Waals surface area contributed by atoms with Crippen LogP contribution in [0, 0.1) is 13.8 Å². The van der Waals surface area contributed by atoms with Gasteiger partial charge < -0.3 is 16.0 Å². The van der Waals surface area contributed by atoms with Crippen molar-refractivity contribution in [2.24, 2.45) is 0 Å². The predicted molar refractivity (Wildman–Crippen MR) is 115 cm³/mol. The Kier molecular flexibility index (Phi) is 6.77. The minimum atomic E-state index is -0.606. The number of amides is 2. The Morgan fingerprint density at radius 1 is 1.20 bits per heavy atom. The molecule has 0 aliphatic heterocycles. The first kappa shape index (κ1) is 21.4. The van der Waals surface area contributed by atoms with Crippen LogP contribution in [0.2, 0.25) is 5.02 Å². The summed E-state index contributed by atoms with van der Waals surface area (Å²) in [6.45, 7) is 3.39. The molecule has 2 amide bonds. The van der Waals surface area contributed by atoms with E-state index in [4.69, 9.17) is 16.8 Å². The first-order chi connectivity index (χ1) is 14.4. The van der Waals surface area contributed by atoms with Crippen LogP contribution in [0.3, 0.4) is 0 Å². The number of aryl methyl sites for hydroxylation is 2. The summed E-state index contributed by atoms with van der Waals surface area (Å²) in [7, 11) is 0. The molecule has 156 valence electrons. The standard InChI is InChI=1S/C18H18ClN7O3S/c1-9-4-3-5-11(19)16(9)25-17(28)12-7-21-18(30-12)24-14-6-13(22-10(2)23-14)20-8-15(27)26-29/h3-7,29H,8H2,1-2H3,(H,25,28)(H,26,27)(H2,20,21,22,23,24). The molecule has 0 atom stereocenters. The van der Waals surface area contributed by atoms with Gasteiger partial charge in [0, 0.05) is 6.07 Å². The molecule has 3 aromatic rings. The molecular formula is C18H18ClN7O3S. The molecule has 3 rings (SSSR count). The van der Waals surface area contributed by atoms with Gasteiger partial charge in [-0.15, -0.1) is 0 Å². The monoisotopic (exact) mass is 447 g/mol. The van der Waals surface area contributed by atoms with E-state index in [1.807, 2.05) is 19.1 Å². The van der Waals surface area contributed by atoms with Gasteiger partial charge in [0.15, 0.2) is 5.13 Å². The van der Waals surface area contributed by atoms with E-state index in [2.05, 4.69) is 30.9 Å². The van der Waals surface area contributed by atoms with Crippen LogP contribution in [0.4, 0.5) is 22.5 Å². The number of nitrogens with one attached hydrogen (secondary N) is 4. The summed E-state index contributed by atoms with van der Waals surface area (Å²) < 4.78 is 0. The molecule has 0 fully saturated rings. The van der Waals surface area contributed by atoms with Crippen LogP contribution in [-0.4, -0.2) is 38.5 Å². The van der Waals surface area contributed by atoms with Crippen LogP contribution in [-0.2, 0) is 4.79 Å².